The van der Waals surface area contributed by atoms with Gasteiger partial charge in [-0.15, -0.1) is 0 Å². The van der Waals surface area contributed by atoms with Gasteiger partial charge >= 0.3 is 0 Å². The van der Waals surface area contributed by atoms with E-state index in [1.54, 1.807) is 0 Å². The fourth-order valence-corrected chi connectivity index (χ4v) is 2.09. The van der Waals surface area contributed by atoms with Crippen LogP contribution in [-0.4, -0.2) is 24.4 Å². The van der Waals surface area contributed by atoms with Crippen molar-refractivity contribution < 1.29 is 4.79 Å². The van der Waals surface area contributed by atoms with Crippen LogP contribution in [-0.2, 0) is 0 Å². The van der Waals surface area contributed by atoms with Crippen LogP contribution in [0.25, 0.3) is 0 Å². The fourth-order valence-electron chi connectivity index (χ4n) is 2.09. The maximum Gasteiger partial charge on any atom is 0.183 e. The maximum atomic E-state index is 12.2. The average Bonchev–Trinajstić information content (AvgIpc) is 2.69. The average molecular weight is 242 g/mol. The van der Waals surface area contributed by atoms with E-state index in [9.17, 15) is 4.79 Å². The smallest absolute Gasteiger partial charge is 0.183 e. The Balaban J connectivity index is 2.10. The number of Topliss-reactive ketones (excluding diaryl/α,β-unsaturated/α-hetero) is 1. The van der Waals surface area contributed by atoms with Gasteiger partial charge in [0.05, 0.1) is 6.54 Å². The quantitative estimate of drug-likeness (QED) is 0.837. The van der Waals surface area contributed by atoms with Crippen LogP contribution < -0.4 is 4.90 Å². The minimum absolute atomic E-state index is 0.142. The molecule has 0 unspecified atom stereocenters. The Hall–Kier alpha value is -2.03. The summed E-state index contributed by atoms with van der Waals surface area (Å²) in [5.74, 6) is 0.142. The van der Waals surface area contributed by atoms with Crippen molar-refractivity contribution in [1.82, 2.24) is 4.98 Å². The van der Waals surface area contributed by atoms with Crippen LogP contribution in [0.4, 0.5) is 5.69 Å². The first-order chi connectivity index (χ1) is 8.58. The number of aromatic amines is 1. The first-order valence-corrected chi connectivity index (χ1v) is 6.03. The summed E-state index contributed by atoms with van der Waals surface area (Å²) < 4.78 is 0. The third-order valence-corrected chi connectivity index (χ3v) is 3.03. The summed E-state index contributed by atoms with van der Waals surface area (Å²) >= 11 is 0. The Kier molecular flexibility index (Phi) is 3.51. The molecule has 1 aromatic heterocycles. The molecule has 0 amide bonds. The van der Waals surface area contributed by atoms with Crippen molar-refractivity contribution in [2.45, 2.75) is 13.8 Å². The van der Waals surface area contributed by atoms with Crippen molar-refractivity contribution in [2.75, 3.05) is 18.5 Å². The molecule has 2 rings (SSSR count). The predicted octanol–water partition coefficient (Wildman–Crippen LogP) is 2.95. The highest BCUT2D eigenvalue weighted by Crippen LogP contribution is 2.14. The Morgan fingerprint density at radius 3 is 2.44 bits per heavy atom. The molecule has 0 aliphatic carbocycles. The van der Waals surface area contributed by atoms with E-state index in [0.29, 0.717) is 6.54 Å². The van der Waals surface area contributed by atoms with E-state index in [4.69, 9.17) is 0 Å². The molecule has 1 aromatic carbocycles. The highest BCUT2D eigenvalue weighted by atomic mass is 16.1. The van der Waals surface area contributed by atoms with Gasteiger partial charge in [0.1, 0.15) is 0 Å². The number of anilines is 1. The minimum Gasteiger partial charge on any atom is -0.367 e. The molecule has 0 fully saturated rings. The van der Waals surface area contributed by atoms with Gasteiger partial charge in [0.15, 0.2) is 5.78 Å². The van der Waals surface area contributed by atoms with E-state index in [-0.39, 0.29) is 5.78 Å². The van der Waals surface area contributed by atoms with Crippen LogP contribution >= 0.6 is 0 Å². The number of H-pyrrole nitrogens is 1. The molecule has 0 bridgehead atoms. The number of nitrogens with one attached hydrogen (secondary N) is 1. The first-order valence-electron chi connectivity index (χ1n) is 6.03. The molecular weight excluding hydrogens is 224 g/mol. The standard InChI is InChI=1S/C15H18N2O/c1-11-9-14(12(2)16-11)15(18)10-17(3)13-7-5-4-6-8-13/h4-9,16H,10H2,1-3H3. The molecule has 0 radical (unpaired) electrons. The second-order valence-corrected chi connectivity index (χ2v) is 4.61. The van der Waals surface area contributed by atoms with Gasteiger partial charge < -0.3 is 9.88 Å². The number of carbonyl (C=O) groups excluding carboxylic acids is 1. The van der Waals surface area contributed by atoms with Gasteiger partial charge in [-0.3, -0.25) is 4.79 Å². The third-order valence-electron chi connectivity index (χ3n) is 3.03. The molecule has 0 aliphatic heterocycles. The third kappa shape index (κ3) is 2.62. The summed E-state index contributed by atoms with van der Waals surface area (Å²) in [6.45, 7) is 4.29. The van der Waals surface area contributed by atoms with E-state index < -0.39 is 0 Å². The second kappa shape index (κ2) is 5.08. The van der Waals surface area contributed by atoms with Crippen LogP contribution in [0.1, 0.15) is 21.7 Å². The molecule has 1 N–H and O–H groups in total. The molecule has 0 atom stereocenters. The number of aryl methyl sites for hydroxylation is 2. The Morgan fingerprint density at radius 1 is 1.22 bits per heavy atom. The number of hydrogen-bond acceptors (Lipinski definition) is 2. The van der Waals surface area contributed by atoms with Crippen molar-refractivity contribution in [3.8, 4) is 0 Å². The van der Waals surface area contributed by atoms with Gasteiger partial charge in [-0.1, -0.05) is 18.2 Å². The summed E-state index contributed by atoms with van der Waals surface area (Å²) in [6, 6.07) is 11.8. The summed E-state index contributed by atoms with van der Waals surface area (Å²) in [6.07, 6.45) is 0. The summed E-state index contributed by atoms with van der Waals surface area (Å²) in [5, 5.41) is 0. The molecule has 0 aliphatic rings. The zero-order valence-corrected chi connectivity index (χ0v) is 11.0. The van der Waals surface area contributed by atoms with Crippen LogP contribution in [0.5, 0.6) is 0 Å². The van der Waals surface area contributed by atoms with Crippen molar-refractivity contribution in [3.63, 3.8) is 0 Å². The van der Waals surface area contributed by atoms with E-state index in [1.807, 2.05) is 62.2 Å². The lowest BCUT2D eigenvalue weighted by Gasteiger charge is -2.18. The first kappa shape index (κ1) is 12.4. The molecule has 0 saturated heterocycles. The summed E-state index contributed by atoms with van der Waals surface area (Å²) in [7, 11) is 1.93. The van der Waals surface area contributed by atoms with Crippen molar-refractivity contribution in [1.29, 1.82) is 0 Å². The SMILES string of the molecule is Cc1cc(C(=O)CN(C)c2ccccc2)c(C)[nH]1. The summed E-state index contributed by atoms with van der Waals surface area (Å²) in [4.78, 5) is 17.3. The Labute approximate surface area is 107 Å². The molecule has 1 heterocycles. The van der Waals surface area contributed by atoms with Gasteiger partial charge in [0.25, 0.3) is 0 Å². The molecule has 0 spiro atoms. The van der Waals surface area contributed by atoms with E-state index >= 15 is 0 Å². The number of likely N-dealkylation sites (N-methyl/N-ethyl adjacent to an activating group) is 1. The molecule has 3 heteroatoms. The monoisotopic (exact) mass is 242 g/mol. The number of benzene rings is 1. The number of hydrogen-bond donors (Lipinski definition) is 1. The zero-order valence-electron chi connectivity index (χ0n) is 11.0. The van der Waals surface area contributed by atoms with Gasteiger partial charge in [-0.2, -0.15) is 0 Å². The normalized spacial score (nSPS) is 10.4. The van der Waals surface area contributed by atoms with E-state index in [2.05, 4.69) is 4.98 Å². The van der Waals surface area contributed by atoms with Crippen LogP contribution in [0.2, 0.25) is 0 Å². The lowest BCUT2D eigenvalue weighted by atomic mass is 10.1. The van der Waals surface area contributed by atoms with Gasteiger partial charge in [-0.25, -0.2) is 0 Å². The van der Waals surface area contributed by atoms with Crippen LogP contribution in [0, 0.1) is 13.8 Å². The van der Waals surface area contributed by atoms with Crippen molar-refractivity contribution >= 4 is 11.5 Å². The highest BCUT2D eigenvalue weighted by Gasteiger charge is 2.13. The Morgan fingerprint density at radius 2 is 1.89 bits per heavy atom. The highest BCUT2D eigenvalue weighted by molar-refractivity contribution is 6.00. The largest absolute Gasteiger partial charge is 0.367 e. The molecule has 0 saturated carbocycles. The van der Waals surface area contributed by atoms with Crippen LogP contribution in [0.15, 0.2) is 36.4 Å². The predicted molar refractivity (Wildman–Crippen MR) is 74.3 cm³/mol. The van der Waals surface area contributed by atoms with E-state index in [0.717, 1.165) is 22.6 Å². The van der Waals surface area contributed by atoms with Gasteiger partial charge in [0.2, 0.25) is 0 Å². The van der Waals surface area contributed by atoms with Gasteiger partial charge in [-0.05, 0) is 32.0 Å². The molecule has 18 heavy (non-hydrogen) atoms. The lowest BCUT2D eigenvalue weighted by Crippen LogP contribution is -2.25. The topological polar surface area (TPSA) is 36.1 Å². The number of carbonyl (C=O) groups is 1. The van der Waals surface area contributed by atoms with Crippen molar-refractivity contribution in [3.05, 3.63) is 53.3 Å². The Bertz CT molecular complexity index is 543. The molecular formula is C15H18N2O. The lowest BCUT2D eigenvalue weighted by molar-refractivity contribution is 0.1000. The van der Waals surface area contributed by atoms with Gasteiger partial charge in [0, 0.05) is 29.7 Å². The fraction of sp³-hybridized carbons (Fsp3) is 0.267. The number of para-hydroxylation sites is 1. The number of aromatic nitrogens is 1. The van der Waals surface area contributed by atoms with Crippen LogP contribution in [0.3, 0.4) is 0 Å². The summed E-state index contributed by atoms with van der Waals surface area (Å²) in [5.41, 5.74) is 3.81. The number of ketones is 1. The van der Waals surface area contributed by atoms with E-state index in [1.165, 1.54) is 0 Å². The second-order valence-electron chi connectivity index (χ2n) is 4.61. The minimum atomic E-state index is 0.142. The number of nitrogens with zero attached hydrogens (tertiary/aromatic N) is 1. The van der Waals surface area contributed by atoms with Crippen molar-refractivity contribution in [2.24, 2.45) is 0 Å². The molecule has 2 aromatic rings. The molecule has 3 nitrogen and oxygen atoms in total. The maximum absolute atomic E-state index is 12.2. The molecule has 94 valence electrons. The zero-order chi connectivity index (χ0) is 13.1. The number of rotatable bonds is 4.